The van der Waals surface area contributed by atoms with Gasteiger partial charge in [0.1, 0.15) is 5.56 Å². The molecule has 0 atom stereocenters. The van der Waals surface area contributed by atoms with E-state index in [9.17, 15) is 24.5 Å². The number of fused-ring (bicyclic) bond motifs is 2. The van der Waals surface area contributed by atoms with E-state index in [1.807, 2.05) is 0 Å². The number of nitro groups is 1. The minimum Gasteiger partial charge on any atom is -0.398 e. The summed E-state index contributed by atoms with van der Waals surface area (Å²) in [5.74, 6) is -1.59. The SMILES string of the molecule is CC(=O)c1ccc2c(c1N)C(=O)c1cccc([N+](=O)[O-])c1C2=O. The summed E-state index contributed by atoms with van der Waals surface area (Å²) in [6, 6.07) is 6.50. The van der Waals surface area contributed by atoms with Crippen LogP contribution < -0.4 is 5.73 Å². The van der Waals surface area contributed by atoms with Crippen LogP contribution in [-0.4, -0.2) is 22.3 Å². The molecule has 114 valence electrons. The number of nitrogens with zero attached hydrogens (tertiary/aromatic N) is 1. The molecule has 1 aliphatic carbocycles. The number of hydrogen-bond acceptors (Lipinski definition) is 6. The second-order valence-corrected chi connectivity index (χ2v) is 5.12. The molecule has 0 saturated carbocycles. The number of benzene rings is 2. The maximum atomic E-state index is 12.7. The summed E-state index contributed by atoms with van der Waals surface area (Å²) < 4.78 is 0. The van der Waals surface area contributed by atoms with Crippen molar-refractivity contribution in [3.05, 3.63) is 68.3 Å². The van der Waals surface area contributed by atoms with E-state index in [1.165, 1.54) is 37.3 Å². The Morgan fingerprint density at radius 3 is 2.26 bits per heavy atom. The normalized spacial score (nSPS) is 12.6. The second kappa shape index (κ2) is 4.84. The Morgan fingerprint density at radius 1 is 1.04 bits per heavy atom. The highest BCUT2D eigenvalue weighted by Crippen LogP contribution is 2.36. The van der Waals surface area contributed by atoms with Gasteiger partial charge < -0.3 is 5.73 Å². The smallest absolute Gasteiger partial charge is 0.281 e. The Morgan fingerprint density at radius 2 is 1.65 bits per heavy atom. The Balaban J connectivity index is 2.36. The maximum Gasteiger partial charge on any atom is 0.281 e. The van der Waals surface area contributed by atoms with Crippen molar-refractivity contribution in [3.63, 3.8) is 0 Å². The van der Waals surface area contributed by atoms with Gasteiger partial charge in [-0.25, -0.2) is 0 Å². The number of anilines is 1. The van der Waals surface area contributed by atoms with Gasteiger partial charge in [0.15, 0.2) is 11.6 Å². The van der Waals surface area contributed by atoms with Gasteiger partial charge in [0.25, 0.3) is 5.69 Å². The van der Waals surface area contributed by atoms with E-state index in [-0.39, 0.29) is 39.3 Å². The van der Waals surface area contributed by atoms with Gasteiger partial charge in [0.2, 0.25) is 5.78 Å². The van der Waals surface area contributed by atoms with Crippen molar-refractivity contribution in [1.82, 2.24) is 0 Å². The second-order valence-electron chi connectivity index (χ2n) is 5.12. The molecule has 7 nitrogen and oxygen atoms in total. The highest BCUT2D eigenvalue weighted by atomic mass is 16.6. The lowest BCUT2D eigenvalue weighted by atomic mass is 9.81. The summed E-state index contributed by atoms with van der Waals surface area (Å²) in [5, 5.41) is 11.1. The van der Waals surface area contributed by atoms with Gasteiger partial charge in [-0.05, 0) is 25.1 Å². The fraction of sp³-hybridized carbons (Fsp3) is 0.0625. The summed E-state index contributed by atoms with van der Waals surface area (Å²) in [4.78, 5) is 47.3. The third kappa shape index (κ3) is 1.94. The molecule has 0 amide bonds. The molecular weight excluding hydrogens is 300 g/mol. The molecule has 0 unspecified atom stereocenters. The fourth-order valence-corrected chi connectivity index (χ4v) is 2.75. The first-order valence-electron chi connectivity index (χ1n) is 6.64. The van der Waals surface area contributed by atoms with E-state index in [0.29, 0.717) is 0 Å². The molecule has 0 fully saturated rings. The van der Waals surface area contributed by atoms with Crippen molar-refractivity contribution >= 4 is 28.7 Å². The summed E-state index contributed by atoms with van der Waals surface area (Å²) in [6.45, 7) is 1.30. The van der Waals surface area contributed by atoms with Crippen molar-refractivity contribution in [2.75, 3.05) is 5.73 Å². The van der Waals surface area contributed by atoms with Gasteiger partial charge >= 0.3 is 0 Å². The average Bonchev–Trinajstić information content (AvgIpc) is 2.51. The highest BCUT2D eigenvalue weighted by Gasteiger charge is 2.37. The molecule has 2 N–H and O–H groups in total. The third-order valence-corrected chi connectivity index (χ3v) is 3.81. The van der Waals surface area contributed by atoms with E-state index in [2.05, 4.69) is 0 Å². The van der Waals surface area contributed by atoms with E-state index >= 15 is 0 Å². The lowest BCUT2D eigenvalue weighted by Gasteiger charge is -2.19. The first-order chi connectivity index (χ1) is 10.8. The van der Waals surface area contributed by atoms with E-state index < -0.39 is 22.2 Å². The summed E-state index contributed by atoms with van der Waals surface area (Å²) in [5.41, 5.74) is 5.09. The molecule has 3 rings (SSSR count). The molecule has 23 heavy (non-hydrogen) atoms. The number of nitrogens with two attached hydrogens (primary N) is 1. The lowest BCUT2D eigenvalue weighted by molar-refractivity contribution is -0.385. The quantitative estimate of drug-likeness (QED) is 0.335. The Kier molecular flexibility index (Phi) is 3.07. The third-order valence-electron chi connectivity index (χ3n) is 3.81. The van der Waals surface area contributed by atoms with Crippen LogP contribution in [0.3, 0.4) is 0 Å². The first kappa shape index (κ1) is 14.6. The molecule has 0 heterocycles. The molecule has 1 aliphatic rings. The van der Waals surface area contributed by atoms with Crippen LogP contribution >= 0.6 is 0 Å². The number of nitrogen functional groups attached to an aromatic ring is 1. The van der Waals surface area contributed by atoms with E-state index in [0.717, 1.165) is 0 Å². The fourth-order valence-electron chi connectivity index (χ4n) is 2.75. The molecule has 7 heteroatoms. The van der Waals surface area contributed by atoms with Crippen LogP contribution in [0, 0.1) is 10.1 Å². The zero-order valence-electron chi connectivity index (χ0n) is 12.0. The van der Waals surface area contributed by atoms with Crippen LogP contribution in [0.15, 0.2) is 30.3 Å². The molecule has 0 radical (unpaired) electrons. The highest BCUT2D eigenvalue weighted by molar-refractivity contribution is 6.32. The number of carbonyl (C=O) groups is 3. The summed E-state index contributed by atoms with van der Waals surface area (Å²) >= 11 is 0. The van der Waals surface area contributed by atoms with Gasteiger partial charge in [-0.15, -0.1) is 0 Å². The minimum atomic E-state index is -0.706. The summed E-state index contributed by atoms with van der Waals surface area (Å²) in [7, 11) is 0. The van der Waals surface area contributed by atoms with Gasteiger partial charge in [-0.1, -0.05) is 6.07 Å². The van der Waals surface area contributed by atoms with Gasteiger partial charge in [-0.3, -0.25) is 24.5 Å². The maximum absolute atomic E-state index is 12.7. The molecule has 0 aromatic heterocycles. The topological polar surface area (TPSA) is 120 Å². The molecule has 2 aromatic rings. The van der Waals surface area contributed by atoms with Gasteiger partial charge in [0.05, 0.1) is 16.2 Å². The Labute approximate surface area is 129 Å². The largest absolute Gasteiger partial charge is 0.398 e. The molecule has 2 aromatic carbocycles. The number of nitro benzene ring substituents is 1. The van der Waals surface area contributed by atoms with Crippen molar-refractivity contribution < 1.29 is 19.3 Å². The minimum absolute atomic E-state index is 0.0284. The Bertz CT molecular complexity index is 930. The number of Topliss-reactive ketones (excluding diaryl/α,β-unsaturated/α-hetero) is 1. The predicted octanol–water partition coefficient (Wildman–Crippen LogP) is 2.16. The average molecular weight is 310 g/mol. The first-order valence-corrected chi connectivity index (χ1v) is 6.64. The molecule has 0 bridgehead atoms. The monoisotopic (exact) mass is 310 g/mol. The number of hydrogen-bond donors (Lipinski definition) is 1. The standard InChI is InChI=1S/C16H10N2O5/c1-7(19)8-5-6-10-13(14(8)17)16(21)9-3-2-4-11(18(22)23)12(9)15(10)20/h2-6H,17H2,1H3. The van der Waals surface area contributed by atoms with Gasteiger partial charge in [0, 0.05) is 22.8 Å². The van der Waals surface area contributed by atoms with Crippen LogP contribution in [0.4, 0.5) is 11.4 Å². The molecule has 0 aliphatic heterocycles. The lowest BCUT2D eigenvalue weighted by Crippen LogP contribution is -2.24. The van der Waals surface area contributed by atoms with Gasteiger partial charge in [-0.2, -0.15) is 0 Å². The van der Waals surface area contributed by atoms with Crippen LogP contribution in [-0.2, 0) is 0 Å². The van der Waals surface area contributed by atoms with Crippen molar-refractivity contribution in [2.24, 2.45) is 0 Å². The summed E-state index contributed by atoms with van der Waals surface area (Å²) in [6.07, 6.45) is 0. The zero-order valence-corrected chi connectivity index (χ0v) is 12.0. The number of carbonyl (C=O) groups excluding carboxylic acids is 3. The molecule has 0 spiro atoms. The van der Waals surface area contributed by atoms with Crippen LogP contribution in [0.25, 0.3) is 0 Å². The van der Waals surface area contributed by atoms with Crippen molar-refractivity contribution in [2.45, 2.75) is 6.92 Å². The van der Waals surface area contributed by atoms with Crippen LogP contribution in [0.5, 0.6) is 0 Å². The van der Waals surface area contributed by atoms with Crippen molar-refractivity contribution in [3.8, 4) is 0 Å². The Hall–Kier alpha value is -3.35. The zero-order chi connectivity index (χ0) is 16.9. The van der Waals surface area contributed by atoms with Crippen LogP contribution in [0.2, 0.25) is 0 Å². The number of rotatable bonds is 2. The number of ketones is 3. The van der Waals surface area contributed by atoms with E-state index in [4.69, 9.17) is 5.73 Å². The van der Waals surface area contributed by atoms with Crippen molar-refractivity contribution in [1.29, 1.82) is 0 Å². The predicted molar refractivity (Wildman–Crippen MR) is 80.8 cm³/mol. The molecular formula is C16H10N2O5. The molecule has 0 saturated heterocycles. The van der Waals surface area contributed by atoms with Crippen LogP contribution in [0.1, 0.15) is 49.1 Å². The van der Waals surface area contributed by atoms with E-state index in [1.54, 1.807) is 0 Å².